The Labute approximate surface area is 146 Å². The highest BCUT2D eigenvalue weighted by molar-refractivity contribution is 9.09. The maximum atomic E-state index is 11.6. The van der Waals surface area contributed by atoms with Gasteiger partial charge in [0.25, 0.3) is 0 Å². The van der Waals surface area contributed by atoms with E-state index in [0.29, 0.717) is 29.6 Å². The van der Waals surface area contributed by atoms with Crippen molar-refractivity contribution in [3.05, 3.63) is 28.2 Å². The summed E-state index contributed by atoms with van der Waals surface area (Å²) < 4.78 is 7.16. The zero-order valence-corrected chi connectivity index (χ0v) is 14.9. The number of hydrogen-bond acceptors (Lipinski definition) is 7. The van der Waals surface area contributed by atoms with Gasteiger partial charge in [-0.25, -0.2) is 9.67 Å². The van der Waals surface area contributed by atoms with Crippen LogP contribution in [0.3, 0.4) is 0 Å². The van der Waals surface area contributed by atoms with E-state index in [-0.39, 0.29) is 11.6 Å². The van der Waals surface area contributed by atoms with Crippen molar-refractivity contribution >= 4 is 27.4 Å². The number of hydrogen-bond donors (Lipinski definition) is 0. The predicted molar refractivity (Wildman–Crippen MR) is 90.9 cm³/mol. The molecule has 24 heavy (non-hydrogen) atoms. The molecule has 10 heteroatoms. The van der Waals surface area contributed by atoms with Gasteiger partial charge in [-0.1, -0.05) is 15.9 Å². The minimum absolute atomic E-state index is 0.0750. The van der Waals surface area contributed by atoms with Crippen LogP contribution in [0.15, 0.2) is 12.4 Å². The summed E-state index contributed by atoms with van der Waals surface area (Å²) >= 11 is 3.58. The van der Waals surface area contributed by atoms with Crippen LogP contribution in [-0.2, 0) is 7.05 Å². The lowest BCUT2D eigenvalue weighted by atomic mass is 10.1. The van der Waals surface area contributed by atoms with E-state index in [1.165, 1.54) is 11.0 Å². The fourth-order valence-electron chi connectivity index (χ4n) is 2.66. The number of halogens is 1. The maximum absolute atomic E-state index is 11.6. The summed E-state index contributed by atoms with van der Waals surface area (Å²) in [5.74, 6) is 0.608. The van der Waals surface area contributed by atoms with Crippen LogP contribution < -0.4 is 9.64 Å². The highest BCUT2D eigenvalue weighted by atomic mass is 79.9. The van der Waals surface area contributed by atoms with Crippen LogP contribution in [0.2, 0.25) is 0 Å². The second kappa shape index (κ2) is 6.71. The van der Waals surface area contributed by atoms with Gasteiger partial charge in [0.2, 0.25) is 11.7 Å². The third-order valence-corrected chi connectivity index (χ3v) is 4.75. The monoisotopic (exact) mass is 396 g/mol. The van der Waals surface area contributed by atoms with Crippen LogP contribution in [-0.4, -0.2) is 42.6 Å². The van der Waals surface area contributed by atoms with Crippen molar-refractivity contribution in [1.29, 1.82) is 0 Å². The van der Waals surface area contributed by atoms with E-state index in [1.54, 1.807) is 13.1 Å². The lowest BCUT2D eigenvalue weighted by Crippen LogP contribution is -2.35. The predicted octanol–water partition coefficient (Wildman–Crippen LogP) is 2.58. The maximum Gasteiger partial charge on any atom is 0.373 e. The number of aryl methyl sites for hydroxylation is 2. The number of nitrogens with zero attached hydrogens (tertiary/aromatic N) is 6. The summed E-state index contributed by atoms with van der Waals surface area (Å²) in [6.45, 7) is 3.20. The summed E-state index contributed by atoms with van der Waals surface area (Å²) in [6.07, 6.45) is 3.09. The molecular weight excluding hydrogens is 380 g/mol. The molecule has 128 valence electrons. The fraction of sp³-hybridized carbons (Fsp3) is 0.500. The van der Waals surface area contributed by atoms with Crippen molar-refractivity contribution in [1.82, 2.24) is 19.7 Å². The van der Waals surface area contributed by atoms with Gasteiger partial charge < -0.3 is 9.64 Å². The van der Waals surface area contributed by atoms with Crippen LogP contribution >= 0.6 is 15.9 Å². The first-order chi connectivity index (χ1) is 11.5. The van der Waals surface area contributed by atoms with E-state index in [4.69, 9.17) is 4.74 Å². The number of rotatable bonds is 4. The SMILES string of the molecule is Cc1cc(Oc2ncnc(N3CCC(Br)CC3)c2[N+](=O)[O-])n(C)n1. The van der Waals surface area contributed by atoms with E-state index in [0.717, 1.165) is 18.5 Å². The van der Waals surface area contributed by atoms with Crippen molar-refractivity contribution < 1.29 is 9.66 Å². The van der Waals surface area contributed by atoms with E-state index >= 15 is 0 Å². The van der Waals surface area contributed by atoms with E-state index in [9.17, 15) is 10.1 Å². The molecule has 1 aliphatic heterocycles. The molecule has 0 saturated carbocycles. The minimum Gasteiger partial charge on any atom is -0.415 e. The molecule has 0 unspecified atom stereocenters. The van der Waals surface area contributed by atoms with Gasteiger partial charge in [0.05, 0.1) is 10.6 Å². The molecule has 0 amide bonds. The Morgan fingerprint density at radius 3 is 2.67 bits per heavy atom. The van der Waals surface area contributed by atoms with Crippen molar-refractivity contribution in [2.24, 2.45) is 7.05 Å². The Morgan fingerprint density at radius 1 is 1.38 bits per heavy atom. The zero-order valence-electron chi connectivity index (χ0n) is 13.3. The summed E-state index contributed by atoms with van der Waals surface area (Å²) in [6, 6.07) is 1.70. The number of aromatic nitrogens is 4. The lowest BCUT2D eigenvalue weighted by Gasteiger charge is -2.29. The van der Waals surface area contributed by atoms with Crippen molar-refractivity contribution in [2.75, 3.05) is 18.0 Å². The van der Waals surface area contributed by atoms with Gasteiger partial charge in [-0.3, -0.25) is 10.1 Å². The van der Waals surface area contributed by atoms with Gasteiger partial charge in [0.1, 0.15) is 6.33 Å². The van der Waals surface area contributed by atoms with Crippen molar-refractivity contribution in [3.8, 4) is 11.8 Å². The van der Waals surface area contributed by atoms with E-state index < -0.39 is 4.92 Å². The molecule has 3 rings (SSSR count). The van der Waals surface area contributed by atoms with E-state index in [1.807, 2.05) is 11.8 Å². The van der Waals surface area contributed by atoms with Gasteiger partial charge in [-0.15, -0.1) is 0 Å². The molecule has 0 bridgehead atoms. The standard InChI is InChI=1S/C14H17BrN6O3/c1-9-7-11(19(2)18-9)24-14-12(21(22)23)13(16-8-17-14)20-5-3-10(15)4-6-20/h7-8,10H,3-6H2,1-2H3. The molecule has 2 aromatic rings. The molecule has 0 N–H and O–H groups in total. The molecule has 1 aliphatic rings. The topological polar surface area (TPSA) is 99.2 Å². The molecule has 1 fully saturated rings. The summed E-state index contributed by atoms with van der Waals surface area (Å²) in [5.41, 5.74) is 0.535. The number of nitro groups is 1. The Hall–Kier alpha value is -2.23. The average Bonchev–Trinajstić information content (AvgIpc) is 2.85. The Kier molecular flexibility index (Phi) is 4.65. The van der Waals surface area contributed by atoms with Gasteiger partial charge in [0, 0.05) is 31.0 Å². The zero-order chi connectivity index (χ0) is 17.3. The first-order valence-electron chi connectivity index (χ1n) is 7.52. The highest BCUT2D eigenvalue weighted by Gasteiger charge is 2.31. The lowest BCUT2D eigenvalue weighted by molar-refractivity contribution is -0.385. The van der Waals surface area contributed by atoms with Crippen LogP contribution in [0.4, 0.5) is 11.5 Å². The highest BCUT2D eigenvalue weighted by Crippen LogP contribution is 2.37. The summed E-state index contributed by atoms with van der Waals surface area (Å²) in [7, 11) is 1.71. The Bertz CT molecular complexity index is 757. The third-order valence-electron chi connectivity index (χ3n) is 3.84. The molecule has 0 aliphatic carbocycles. The molecule has 0 aromatic carbocycles. The first kappa shape index (κ1) is 16.6. The van der Waals surface area contributed by atoms with Gasteiger partial charge in [-0.2, -0.15) is 10.1 Å². The quantitative estimate of drug-likeness (QED) is 0.444. The second-order valence-corrected chi connectivity index (χ2v) is 6.91. The minimum atomic E-state index is -0.492. The fourth-order valence-corrected chi connectivity index (χ4v) is 3.07. The van der Waals surface area contributed by atoms with Crippen molar-refractivity contribution in [2.45, 2.75) is 24.6 Å². The molecule has 3 heterocycles. The number of alkyl halides is 1. The molecule has 0 atom stereocenters. The molecule has 0 radical (unpaired) electrons. The molecule has 2 aromatic heterocycles. The Morgan fingerprint density at radius 2 is 2.08 bits per heavy atom. The molecule has 9 nitrogen and oxygen atoms in total. The van der Waals surface area contributed by atoms with Gasteiger partial charge in [-0.05, 0) is 19.8 Å². The largest absolute Gasteiger partial charge is 0.415 e. The molecule has 0 spiro atoms. The second-order valence-electron chi connectivity index (χ2n) is 5.62. The summed E-state index contributed by atoms with van der Waals surface area (Å²) in [4.78, 5) is 21.6. The smallest absolute Gasteiger partial charge is 0.373 e. The van der Waals surface area contributed by atoms with Crippen molar-refractivity contribution in [3.63, 3.8) is 0 Å². The first-order valence-corrected chi connectivity index (χ1v) is 8.44. The van der Waals surface area contributed by atoms with Gasteiger partial charge in [0.15, 0.2) is 0 Å². The van der Waals surface area contributed by atoms with Crippen LogP contribution in [0.1, 0.15) is 18.5 Å². The average molecular weight is 397 g/mol. The number of ether oxygens (including phenoxy) is 1. The normalized spacial score (nSPS) is 15.5. The third kappa shape index (κ3) is 3.32. The van der Waals surface area contributed by atoms with Crippen LogP contribution in [0.5, 0.6) is 11.8 Å². The van der Waals surface area contributed by atoms with Crippen LogP contribution in [0.25, 0.3) is 0 Å². The van der Waals surface area contributed by atoms with Gasteiger partial charge >= 0.3 is 11.6 Å². The summed E-state index contributed by atoms with van der Waals surface area (Å²) in [5, 5.41) is 15.8. The van der Waals surface area contributed by atoms with Crippen LogP contribution in [0, 0.1) is 17.0 Å². The van der Waals surface area contributed by atoms with E-state index in [2.05, 4.69) is 31.0 Å². The number of piperidine rings is 1. The number of anilines is 1. The molecular formula is C14H17BrN6O3. The Balaban J connectivity index is 1.96. The molecule has 1 saturated heterocycles.